The molecule has 3 aromatic rings. The third kappa shape index (κ3) is 4.88. The van der Waals surface area contributed by atoms with E-state index in [0.717, 1.165) is 16.8 Å². The van der Waals surface area contributed by atoms with Gasteiger partial charge < -0.3 is 21.1 Å². The summed E-state index contributed by atoms with van der Waals surface area (Å²) < 4.78 is 1.94. The number of likely N-dealkylation sites (tertiary alicyclic amines) is 1. The van der Waals surface area contributed by atoms with E-state index in [1.54, 1.807) is 12.3 Å². The van der Waals surface area contributed by atoms with Crippen molar-refractivity contribution in [1.29, 1.82) is 0 Å². The van der Waals surface area contributed by atoms with Gasteiger partial charge in [0.25, 0.3) is 5.91 Å². The van der Waals surface area contributed by atoms with Crippen molar-refractivity contribution in [3.63, 3.8) is 0 Å². The van der Waals surface area contributed by atoms with E-state index in [-0.39, 0.29) is 23.2 Å². The van der Waals surface area contributed by atoms with E-state index < -0.39 is 6.09 Å². The zero-order valence-corrected chi connectivity index (χ0v) is 19.7. The number of carbonyl (C=O) groups excluding carboxylic acids is 1. The van der Waals surface area contributed by atoms with Gasteiger partial charge in [-0.1, -0.05) is 39.0 Å². The first-order chi connectivity index (χ1) is 16.1. The highest BCUT2D eigenvalue weighted by Gasteiger charge is 2.29. The van der Waals surface area contributed by atoms with E-state index in [1.165, 1.54) is 4.90 Å². The number of amides is 2. The number of benzene rings is 1. The molecule has 1 saturated heterocycles. The van der Waals surface area contributed by atoms with E-state index >= 15 is 0 Å². The molecule has 2 aromatic heterocycles. The second kappa shape index (κ2) is 9.17. The second-order valence-electron chi connectivity index (χ2n) is 9.60. The van der Waals surface area contributed by atoms with E-state index in [1.807, 2.05) is 41.2 Å². The fraction of sp³-hybridized carbons (Fsp3) is 0.360. The largest absolute Gasteiger partial charge is 0.465 e. The Morgan fingerprint density at radius 3 is 2.44 bits per heavy atom. The Labute approximate surface area is 198 Å². The smallest absolute Gasteiger partial charge is 0.407 e. The van der Waals surface area contributed by atoms with Gasteiger partial charge in [0.2, 0.25) is 0 Å². The number of nitrogens with two attached hydrogens (primary N) is 1. The Morgan fingerprint density at radius 1 is 1.15 bits per heavy atom. The molecule has 0 radical (unpaired) electrons. The molecule has 0 spiro atoms. The average Bonchev–Trinajstić information content (AvgIpc) is 3.26. The Hall–Kier alpha value is -3.88. The maximum Gasteiger partial charge on any atom is 0.407 e. The molecule has 0 saturated carbocycles. The highest BCUT2D eigenvalue weighted by Crippen LogP contribution is 2.35. The number of carboxylic acid groups (broad SMARTS) is 1. The lowest BCUT2D eigenvalue weighted by molar-refractivity contribution is 0.102. The monoisotopic (exact) mass is 462 g/mol. The normalized spacial score (nSPS) is 14.7. The number of nitrogen functional groups attached to an aromatic ring is 1. The predicted molar refractivity (Wildman–Crippen MR) is 131 cm³/mol. The number of rotatable bonds is 4. The minimum atomic E-state index is -0.885. The first kappa shape index (κ1) is 23.3. The number of carbonyl (C=O) groups is 2. The summed E-state index contributed by atoms with van der Waals surface area (Å²) in [5.41, 5.74) is 9.30. The van der Waals surface area contributed by atoms with Crippen LogP contribution >= 0.6 is 0 Å². The summed E-state index contributed by atoms with van der Waals surface area (Å²) in [6.45, 7) is 7.22. The zero-order valence-electron chi connectivity index (χ0n) is 19.7. The van der Waals surface area contributed by atoms with Gasteiger partial charge in [-0.15, -0.1) is 0 Å². The van der Waals surface area contributed by atoms with Gasteiger partial charge in [0, 0.05) is 47.7 Å². The van der Waals surface area contributed by atoms with Gasteiger partial charge in [0.15, 0.2) is 0 Å². The first-order valence-corrected chi connectivity index (χ1v) is 11.3. The van der Waals surface area contributed by atoms with Crippen molar-refractivity contribution in [2.45, 2.75) is 45.1 Å². The first-order valence-electron chi connectivity index (χ1n) is 11.3. The molecule has 3 heterocycles. The van der Waals surface area contributed by atoms with Crippen LogP contribution in [0.3, 0.4) is 0 Å². The maximum absolute atomic E-state index is 12.9. The van der Waals surface area contributed by atoms with E-state index in [4.69, 9.17) is 10.8 Å². The summed E-state index contributed by atoms with van der Waals surface area (Å²) in [5.74, 6) is -0.174. The van der Waals surface area contributed by atoms with Gasteiger partial charge in [-0.05, 0) is 31.0 Å². The van der Waals surface area contributed by atoms with Gasteiger partial charge >= 0.3 is 6.09 Å². The molecule has 0 bridgehead atoms. The van der Waals surface area contributed by atoms with Gasteiger partial charge in [-0.2, -0.15) is 5.10 Å². The van der Waals surface area contributed by atoms with Crippen LogP contribution in [0.4, 0.5) is 16.3 Å². The quantitative estimate of drug-likeness (QED) is 0.528. The fourth-order valence-electron chi connectivity index (χ4n) is 4.19. The number of nitrogens with zero attached hydrogens (tertiary/aromatic N) is 4. The molecule has 2 amide bonds. The van der Waals surface area contributed by atoms with Crippen LogP contribution < -0.4 is 11.1 Å². The molecule has 9 heteroatoms. The Bertz CT molecular complexity index is 1190. The molecule has 9 nitrogen and oxygen atoms in total. The van der Waals surface area contributed by atoms with E-state index in [9.17, 15) is 14.7 Å². The van der Waals surface area contributed by atoms with Crippen molar-refractivity contribution < 1.29 is 14.7 Å². The Morgan fingerprint density at radius 2 is 1.82 bits per heavy atom. The van der Waals surface area contributed by atoms with Crippen LogP contribution in [0.15, 0.2) is 48.8 Å². The van der Waals surface area contributed by atoms with Crippen molar-refractivity contribution >= 4 is 23.5 Å². The van der Waals surface area contributed by atoms with Crippen LogP contribution in [0.5, 0.6) is 0 Å². The number of hydrogen-bond donors (Lipinski definition) is 3. The predicted octanol–water partition coefficient (Wildman–Crippen LogP) is 4.39. The lowest BCUT2D eigenvalue weighted by atomic mass is 9.87. The molecule has 1 fully saturated rings. The van der Waals surface area contributed by atoms with Crippen molar-refractivity contribution in [3.05, 3.63) is 60.0 Å². The van der Waals surface area contributed by atoms with Crippen LogP contribution in [-0.4, -0.2) is 49.9 Å². The van der Waals surface area contributed by atoms with Crippen molar-refractivity contribution in [2.75, 3.05) is 24.1 Å². The molecule has 4 N–H and O–H groups in total. The Kier molecular flexibility index (Phi) is 6.28. The maximum atomic E-state index is 12.9. The molecule has 0 aliphatic carbocycles. The minimum absolute atomic E-state index is 0.105. The third-order valence-corrected chi connectivity index (χ3v) is 6.06. The number of pyridine rings is 1. The molecule has 1 aliphatic rings. The standard InChI is InChI=1S/C25H30N6O3/c1-25(2,3)21-20(15-31(29-21)18-9-11-30(12-10-18)24(33)34)16-13-19(22(26)27-14-16)23(32)28-17-7-5-4-6-8-17/h4-8,13-15,18H,9-12H2,1-3H3,(H2,26,27)(H,28,32)(H,33,34). The van der Waals surface area contributed by atoms with Crippen molar-refractivity contribution in [2.24, 2.45) is 0 Å². The van der Waals surface area contributed by atoms with Gasteiger partial charge in [0.05, 0.1) is 17.3 Å². The summed E-state index contributed by atoms with van der Waals surface area (Å²) in [5, 5.41) is 17.0. The van der Waals surface area contributed by atoms with Crippen LogP contribution in [0.2, 0.25) is 0 Å². The number of nitrogens with one attached hydrogen (secondary N) is 1. The number of para-hydroxylation sites is 1. The zero-order chi connectivity index (χ0) is 24.5. The third-order valence-electron chi connectivity index (χ3n) is 6.06. The van der Waals surface area contributed by atoms with E-state index in [2.05, 4.69) is 31.1 Å². The molecule has 178 valence electrons. The minimum Gasteiger partial charge on any atom is -0.465 e. The fourth-order valence-corrected chi connectivity index (χ4v) is 4.19. The molecular formula is C25H30N6O3. The van der Waals surface area contributed by atoms with Crippen LogP contribution in [0, 0.1) is 0 Å². The Balaban J connectivity index is 1.66. The van der Waals surface area contributed by atoms with Gasteiger partial charge in [-0.3, -0.25) is 9.48 Å². The molecule has 0 unspecified atom stereocenters. The lowest BCUT2D eigenvalue weighted by Crippen LogP contribution is -2.38. The van der Waals surface area contributed by atoms with Crippen LogP contribution in [0.1, 0.15) is 55.7 Å². The molecule has 1 aromatic carbocycles. The highest BCUT2D eigenvalue weighted by molar-refractivity contribution is 6.07. The lowest BCUT2D eigenvalue weighted by Gasteiger charge is -2.30. The van der Waals surface area contributed by atoms with E-state index in [0.29, 0.717) is 37.2 Å². The van der Waals surface area contributed by atoms with Crippen LogP contribution in [0.25, 0.3) is 11.1 Å². The summed E-state index contributed by atoms with van der Waals surface area (Å²) in [7, 11) is 0. The number of hydrogen-bond acceptors (Lipinski definition) is 5. The number of piperidine rings is 1. The van der Waals surface area contributed by atoms with Gasteiger partial charge in [-0.25, -0.2) is 9.78 Å². The topological polar surface area (TPSA) is 126 Å². The van der Waals surface area contributed by atoms with Crippen molar-refractivity contribution in [3.8, 4) is 11.1 Å². The molecule has 0 atom stereocenters. The van der Waals surface area contributed by atoms with Crippen molar-refractivity contribution in [1.82, 2.24) is 19.7 Å². The summed E-state index contributed by atoms with van der Waals surface area (Å²) in [4.78, 5) is 29.9. The molecule has 4 rings (SSSR count). The molecular weight excluding hydrogens is 432 g/mol. The summed E-state index contributed by atoms with van der Waals surface area (Å²) >= 11 is 0. The second-order valence-corrected chi connectivity index (χ2v) is 9.60. The number of aromatic nitrogens is 3. The average molecular weight is 463 g/mol. The van der Waals surface area contributed by atoms with Crippen LogP contribution in [-0.2, 0) is 5.41 Å². The molecule has 34 heavy (non-hydrogen) atoms. The summed E-state index contributed by atoms with van der Waals surface area (Å²) in [6, 6.07) is 11.0. The highest BCUT2D eigenvalue weighted by atomic mass is 16.4. The SMILES string of the molecule is CC(C)(C)c1nn(C2CCN(C(=O)O)CC2)cc1-c1cnc(N)c(C(=O)Nc2ccccc2)c1. The number of anilines is 2. The molecule has 1 aliphatic heterocycles. The summed E-state index contributed by atoms with van der Waals surface area (Å²) in [6.07, 6.45) is 4.15. The van der Waals surface area contributed by atoms with Gasteiger partial charge in [0.1, 0.15) is 5.82 Å².